The Morgan fingerprint density at radius 1 is 0.938 bits per heavy atom. The average molecular weight is 480 g/mol. The van der Waals surface area contributed by atoms with Crippen LogP contribution in [0.2, 0.25) is 0 Å². The fourth-order valence-corrected chi connectivity index (χ4v) is 4.79. The van der Waals surface area contributed by atoms with E-state index in [0.717, 1.165) is 21.8 Å². The molecule has 7 nitrogen and oxygen atoms in total. The van der Waals surface area contributed by atoms with Gasteiger partial charge in [0.1, 0.15) is 16.2 Å². The molecule has 2 rings (SSSR count). The number of rotatable bonds is 5. The van der Waals surface area contributed by atoms with E-state index in [-0.39, 0.29) is 10.6 Å². The smallest absolute Gasteiger partial charge is 0.425 e. The Balaban J connectivity index is 2.52. The Kier molecular flexibility index (Phi) is 8.36. The van der Waals surface area contributed by atoms with Gasteiger partial charge in [0.25, 0.3) is 0 Å². The van der Waals surface area contributed by atoms with Gasteiger partial charge in [-0.2, -0.15) is 4.90 Å². The Morgan fingerprint density at radius 3 is 1.94 bits per heavy atom. The molecule has 0 aliphatic rings. The quantitative estimate of drug-likeness (QED) is 0.275. The third-order valence-electron chi connectivity index (χ3n) is 3.71. The molecule has 2 aromatic rings. The van der Waals surface area contributed by atoms with E-state index in [9.17, 15) is 14.4 Å². The van der Waals surface area contributed by atoms with Crippen molar-refractivity contribution in [2.45, 2.75) is 63.4 Å². The molecule has 32 heavy (non-hydrogen) atoms. The van der Waals surface area contributed by atoms with E-state index in [2.05, 4.69) is 0 Å². The van der Waals surface area contributed by atoms with E-state index in [1.807, 2.05) is 30.3 Å². The molecular weight excluding hydrogens is 450 g/mol. The van der Waals surface area contributed by atoms with Crippen molar-refractivity contribution in [1.82, 2.24) is 0 Å². The van der Waals surface area contributed by atoms with Crippen LogP contribution in [0.15, 0.2) is 40.6 Å². The van der Waals surface area contributed by atoms with E-state index in [4.69, 9.17) is 14.2 Å². The van der Waals surface area contributed by atoms with Crippen molar-refractivity contribution >= 4 is 46.3 Å². The zero-order valence-electron chi connectivity index (χ0n) is 19.4. The summed E-state index contributed by atoms with van der Waals surface area (Å²) >= 11 is 2.40. The highest BCUT2D eigenvalue weighted by Crippen LogP contribution is 2.42. The minimum absolute atomic E-state index is 0.245. The van der Waals surface area contributed by atoms with Crippen LogP contribution in [0.25, 0.3) is 0 Å². The molecule has 0 unspecified atom stereocenters. The second-order valence-electron chi connectivity index (χ2n) is 8.85. The molecule has 0 atom stereocenters. The molecular formula is C23H29NO6S2. The molecule has 1 aromatic carbocycles. The maximum absolute atomic E-state index is 13.0. The molecule has 0 saturated heterocycles. The number of amides is 2. The third-order valence-corrected chi connectivity index (χ3v) is 5.99. The zero-order chi connectivity index (χ0) is 24.1. The van der Waals surface area contributed by atoms with Crippen LogP contribution < -0.4 is 4.90 Å². The number of hydrogen-bond acceptors (Lipinski definition) is 8. The van der Waals surface area contributed by atoms with Crippen molar-refractivity contribution in [3.63, 3.8) is 0 Å². The lowest BCUT2D eigenvalue weighted by molar-refractivity contribution is 0.0429. The summed E-state index contributed by atoms with van der Waals surface area (Å²) in [4.78, 5) is 39.8. The first-order valence-electron chi connectivity index (χ1n) is 9.95. The Labute approximate surface area is 197 Å². The van der Waals surface area contributed by atoms with Gasteiger partial charge in [-0.3, -0.25) is 0 Å². The molecule has 0 aliphatic heterocycles. The summed E-state index contributed by atoms with van der Waals surface area (Å²) in [6, 6.07) is 9.65. The summed E-state index contributed by atoms with van der Waals surface area (Å²) in [6.07, 6.45) is -1.77. The number of imide groups is 1. The van der Waals surface area contributed by atoms with Gasteiger partial charge in [-0.25, -0.2) is 14.4 Å². The summed E-state index contributed by atoms with van der Waals surface area (Å²) in [6.45, 7) is 10.2. The predicted octanol–water partition coefficient (Wildman–Crippen LogP) is 6.50. The second-order valence-corrected chi connectivity index (χ2v) is 10.7. The highest BCUT2D eigenvalue weighted by Gasteiger charge is 2.36. The molecule has 0 N–H and O–H groups in total. The number of hydrogen-bond donors (Lipinski definition) is 0. The molecule has 2 amide bonds. The van der Waals surface area contributed by atoms with Crippen LogP contribution in [-0.4, -0.2) is 36.5 Å². The fourth-order valence-electron chi connectivity index (χ4n) is 2.47. The van der Waals surface area contributed by atoms with Crippen molar-refractivity contribution in [1.29, 1.82) is 0 Å². The third kappa shape index (κ3) is 7.27. The van der Waals surface area contributed by atoms with Crippen LogP contribution in [0.4, 0.5) is 14.6 Å². The molecule has 174 valence electrons. The van der Waals surface area contributed by atoms with E-state index in [1.54, 1.807) is 46.9 Å². The predicted molar refractivity (Wildman–Crippen MR) is 127 cm³/mol. The summed E-state index contributed by atoms with van der Waals surface area (Å²) in [7, 11) is 1.28. The van der Waals surface area contributed by atoms with Crippen molar-refractivity contribution in [3.8, 4) is 0 Å². The van der Waals surface area contributed by atoms with Crippen LogP contribution in [0.3, 0.4) is 0 Å². The number of esters is 1. The molecule has 9 heteroatoms. The summed E-state index contributed by atoms with van der Waals surface area (Å²) in [5.74, 6) is -0.0400. The normalized spacial score (nSPS) is 11.6. The molecule has 0 fully saturated rings. The van der Waals surface area contributed by atoms with Crippen molar-refractivity contribution in [2.75, 3.05) is 12.0 Å². The van der Waals surface area contributed by atoms with Gasteiger partial charge in [0, 0.05) is 11.1 Å². The van der Waals surface area contributed by atoms with Gasteiger partial charge in [0.2, 0.25) is 0 Å². The van der Waals surface area contributed by atoms with E-state index in [0.29, 0.717) is 10.6 Å². The number of carbonyl (C=O) groups excluding carboxylic acids is 3. The van der Waals surface area contributed by atoms with E-state index < -0.39 is 29.4 Å². The monoisotopic (exact) mass is 479 g/mol. The van der Waals surface area contributed by atoms with Crippen LogP contribution in [-0.2, 0) is 20.0 Å². The van der Waals surface area contributed by atoms with Gasteiger partial charge in [0.15, 0.2) is 0 Å². The SMILES string of the molecule is COC(=O)c1csc(N(C(=O)OC(C)(C)C)C(=O)OC(C)(C)C)c1SCc1ccccc1. The van der Waals surface area contributed by atoms with Crippen LogP contribution >= 0.6 is 23.1 Å². The number of ether oxygens (including phenoxy) is 3. The minimum atomic E-state index is -0.883. The van der Waals surface area contributed by atoms with Gasteiger partial charge >= 0.3 is 18.2 Å². The average Bonchev–Trinajstić information content (AvgIpc) is 3.07. The number of carbonyl (C=O) groups is 3. The van der Waals surface area contributed by atoms with E-state index in [1.165, 1.54) is 18.9 Å². The van der Waals surface area contributed by atoms with E-state index >= 15 is 0 Å². The first-order valence-corrected chi connectivity index (χ1v) is 11.8. The number of thiophene rings is 1. The molecule has 0 bridgehead atoms. The first kappa shape index (κ1) is 25.7. The number of anilines is 1. The summed E-state index contributed by atoms with van der Waals surface area (Å²) in [5.41, 5.74) is -0.383. The van der Waals surface area contributed by atoms with Crippen molar-refractivity contribution < 1.29 is 28.6 Å². The topological polar surface area (TPSA) is 82.1 Å². The molecule has 0 radical (unpaired) electrons. The Bertz CT molecular complexity index is 929. The highest BCUT2D eigenvalue weighted by molar-refractivity contribution is 7.99. The number of methoxy groups -OCH3 is 1. The van der Waals surface area contributed by atoms with Gasteiger partial charge < -0.3 is 14.2 Å². The van der Waals surface area contributed by atoms with Gasteiger partial charge in [-0.1, -0.05) is 30.3 Å². The fraction of sp³-hybridized carbons (Fsp3) is 0.435. The number of nitrogens with zero attached hydrogens (tertiary/aromatic N) is 1. The lowest BCUT2D eigenvalue weighted by Gasteiger charge is -2.28. The van der Waals surface area contributed by atoms with Gasteiger partial charge in [0.05, 0.1) is 17.6 Å². The summed E-state index contributed by atoms with van der Waals surface area (Å²) in [5, 5.41) is 1.81. The van der Waals surface area contributed by atoms with Crippen LogP contribution in [0, 0.1) is 0 Å². The first-order chi connectivity index (χ1) is 14.8. The largest absolute Gasteiger partial charge is 0.465 e. The molecule has 0 saturated carbocycles. The lowest BCUT2D eigenvalue weighted by atomic mass is 10.2. The second kappa shape index (κ2) is 10.4. The van der Waals surface area contributed by atoms with Crippen molar-refractivity contribution in [2.24, 2.45) is 0 Å². The Morgan fingerprint density at radius 2 is 1.47 bits per heavy atom. The van der Waals surface area contributed by atoms with Crippen LogP contribution in [0.5, 0.6) is 0 Å². The standard InChI is InChI=1S/C23H29NO6S2/c1-22(2,3)29-20(26)24(21(27)30-23(4,5)6)18-17(16(14-32-18)19(25)28-7)31-13-15-11-9-8-10-12-15/h8-12,14H,13H2,1-7H3. The van der Waals surface area contributed by atoms with Gasteiger partial charge in [-0.05, 0) is 47.1 Å². The minimum Gasteiger partial charge on any atom is -0.465 e. The maximum Gasteiger partial charge on any atom is 0.425 e. The zero-order valence-corrected chi connectivity index (χ0v) is 21.0. The van der Waals surface area contributed by atoms with Gasteiger partial charge in [-0.15, -0.1) is 23.1 Å². The Hall–Kier alpha value is -2.52. The number of benzene rings is 1. The maximum atomic E-state index is 13.0. The molecule has 0 aliphatic carbocycles. The number of thioether (sulfide) groups is 1. The molecule has 0 spiro atoms. The van der Waals surface area contributed by atoms with Crippen molar-refractivity contribution in [3.05, 3.63) is 46.8 Å². The summed E-state index contributed by atoms with van der Waals surface area (Å²) < 4.78 is 15.8. The highest BCUT2D eigenvalue weighted by atomic mass is 32.2. The molecule has 1 aromatic heterocycles. The van der Waals surface area contributed by atoms with Crippen LogP contribution in [0.1, 0.15) is 57.5 Å². The lowest BCUT2D eigenvalue weighted by Crippen LogP contribution is -2.43. The molecule has 1 heterocycles.